The van der Waals surface area contributed by atoms with Gasteiger partial charge in [0, 0.05) is 66.6 Å². The van der Waals surface area contributed by atoms with E-state index in [4.69, 9.17) is 37.5 Å². The number of terminal acetylenes is 1. The van der Waals surface area contributed by atoms with Gasteiger partial charge in [0.05, 0.1) is 29.4 Å². The molecule has 1 spiro atoms. The average molecular weight is 696 g/mol. The number of piperazine rings is 1. The molecule has 5 aliphatic rings. The van der Waals surface area contributed by atoms with Gasteiger partial charge in [-0.2, -0.15) is 9.97 Å². The van der Waals surface area contributed by atoms with Gasteiger partial charge >= 0.3 is 6.01 Å². The van der Waals surface area contributed by atoms with Crippen LogP contribution in [0.2, 0.25) is 5.02 Å². The van der Waals surface area contributed by atoms with E-state index in [0.717, 1.165) is 83.4 Å². The Morgan fingerprint density at radius 1 is 1.14 bits per heavy atom. The lowest BCUT2D eigenvalue weighted by molar-refractivity contribution is -0.0532. The normalized spacial score (nSPS) is 23.6. The van der Waals surface area contributed by atoms with Crippen molar-refractivity contribution in [1.29, 1.82) is 0 Å². The molecule has 2 bridgehead atoms. The highest BCUT2D eigenvalue weighted by Gasteiger charge is 2.51. The molecular formula is C40H43ClFN5O3. The maximum Gasteiger partial charge on any atom is 0.319 e. The Bertz CT molecular complexity index is 2060. The number of phenols is 1. The maximum atomic E-state index is 17.6. The zero-order valence-corrected chi connectivity index (χ0v) is 29.5. The summed E-state index contributed by atoms with van der Waals surface area (Å²) in [6.07, 6.45) is 12.7. The smallest absolute Gasteiger partial charge is 0.319 e. The number of fused-ring (bicyclic) bond motifs is 4. The van der Waals surface area contributed by atoms with Crippen molar-refractivity contribution in [2.24, 2.45) is 5.41 Å². The second-order valence-electron chi connectivity index (χ2n) is 15.8. The molecule has 5 fully saturated rings. The number of morpholine rings is 1. The molecule has 10 heteroatoms. The third-order valence-corrected chi connectivity index (χ3v) is 12.0. The Hall–Kier alpha value is -3.68. The van der Waals surface area contributed by atoms with Crippen molar-refractivity contribution in [1.82, 2.24) is 20.2 Å². The van der Waals surface area contributed by atoms with Gasteiger partial charge in [0.1, 0.15) is 17.1 Å². The van der Waals surface area contributed by atoms with Crippen molar-refractivity contribution in [3.05, 3.63) is 52.3 Å². The third kappa shape index (κ3) is 5.65. The fourth-order valence-electron chi connectivity index (χ4n) is 8.70. The van der Waals surface area contributed by atoms with Crippen molar-refractivity contribution in [3.63, 3.8) is 0 Å². The molecule has 8 nitrogen and oxygen atoms in total. The van der Waals surface area contributed by atoms with Crippen LogP contribution in [0.4, 0.5) is 10.2 Å². The molecule has 1 aromatic heterocycles. The molecule has 2 aliphatic carbocycles. The lowest BCUT2D eigenvalue weighted by atomic mass is 9.86. The predicted molar refractivity (Wildman–Crippen MR) is 195 cm³/mol. The molecule has 0 radical (unpaired) electrons. The summed E-state index contributed by atoms with van der Waals surface area (Å²) in [5, 5.41) is 16.9. The zero-order valence-electron chi connectivity index (χ0n) is 28.7. The number of rotatable bonds is 8. The highest BCUT2D eigenvalue weighted by atomic mass is 35.5. The number of aromatic nitrogens is 2. The first kappa shape index (κ1) is 32.2. The van der Waals surface area contributed by atoms with Crippen LogP contribution in [-0.4, -0.2) is 83.6 Å². The fraction of sp³-hybridized carbons (Fsp3) is 0.500. The van der Waals surface area contributed by atoms with Crippen molar-refractivity contribution >= 4 is 39.1 Å². The number of anilines is 1. The summed E-state index contributed by atoms with van der Waals surface area (Å²) in [5.74, 6) is 2.88. The fourth-order valence-corrected chi connectivity index (χ4v) is 8.91. The molecule has 3 aliphatic heterocycles. The van der Waals surface area contributed by atoms with E-state index in [1.807, 2.05) is 19.9 Å². The minimum atomic E-state index is -0.489. The number of hydrogen-bond donors (Lipinski definition) is 2. The van der Waals surface area contributed by atoms with Crippen LogP contribution in [0.1, 0.15) is 69.4 Å². The Morgan fingerprint density at radius 2 is 1.92 bits per heavy atom. The topological polar surface area (TPSA) is 83.0 Å². The van der Waals surface area contributed by atoms with E-state index >= 15 is 4.39 Å². The Kier molecular flexibility index (Phi) is 7.70. The molecule has 2 unspecified atom stereocenters. The molecule has 50 heavy (non-hydrogen) atoms. The lowest BCUT2D eigenvalue weighted by Crippen LogP contribution is -2.51. The molecule has 3 aromatic carbocycles. The minimum Gasteiger partial charge on any atom is -0.508 e. The van der Waals surface area contributed by atoms with Gasteiger partial charge in [-0.1, -0.05) is 37.4 Å². The molecule has 4 heterocycles. The molecular weight excluding hydrogens is 653 g/mol. The van der Waals surface area contributed by atoms with Gasteiger partial charge in [0.2, 0.25) is 0 Å². The summed E-state index contributed by atoms with van der Waals surface area (Å²) < 4.78 is 30.1. The summed E-state index contributed by atoms with van der Waals surface area (Å²) in [6.45, 7) is 9.80. The van der Waals surface area contributed by atoms with Crippen LogP contribution in [0, 0.1) is 23.6 Å². The van der Waals surface area contributed by atoms with Crippen LogP contribution in [-0.2, 0) is 4.74 Å². The summed E-state index contributed by atoms with van der Waals surface area (Å²) >= 11 is 6.60. The molecule has 0 amide bonds. The van der Waals surface area contributed by atoms with Crippen LogP contribution < -0.4 is 15.0 Å². The monoisotopic (exact) mass is 695 g/mol. The van der Waals surface area contributed by atoms with Crippen molar-refractivity contribution < 1.29 is 19.0 Å². The molecule has 2 atom stereocenters. The SMILES string of the molecule is C#Cc1c(Cl)ccc2cc(O)cc(-c3c(C(C)C)cc4c(N5CC6CCC(C5)N6)nc(OCC5(CN6CCOC7(CC7)C6)CC5)nc4c3F)c12. The number of benzene rings is 3. The third-order valence-electron chi connectivity index (χ3n) is 11.7. The number of ether oxygens (including phenoxy) is 2. The van der Waals surface area contributed by atoms with E-state index in [1.54, 1.807) is 24.3 Å². The quantitative estimate of drug-likeness (QED) is 0.191. The summed E-state index contributed by atoms with van der Waals surface area (Å²) in [4.78, 5) is 14.7. The molecule has 9 rings (SSSR count). The Morgan fingerprint density at radius 3 is 2.62 bits per heavy atom. The van der Waals surface area contributed by atoms with Crippen LogP contribution in [0.5, 0.6) is 11.8 Å². The number of nitrogens with zero attached hydrogens (tertiary/aromatic N) is 4. The predicted octanol–water partition coefficient (Wildman–Crippen LogP) is 7.02. The molecule has 2 N–H and O–H groups in total. The molecule has 4 aromatic rings. The van der Waals surface area contributed by atoms with Gasteiger partial charge in [-0.3, -0.25) is 4.90 Å². The minimum absolute atomic E-state index is 0.0123. The zero-order chi connectivity index (χ0) is 34.4. The maximum absolute atomic E-state index is 17.6. The van der Waals surface area contributed by atoms with E-state index in [-0.39, 0.29) is 34.2 Å². The average Bonchev–Trinajstić information content (AvgIpc) is 4.02. The van der Waals surface area contributed by atoms with Crippen molar-refractivity contribution in [3.8, 4) is 35.2 Å². The van der Waals surface area contributed by atoms with Crippen LogP contribution in [0.15, 0.2) is 30.3 Å². The van der Waals surface area contributed by atoms with Crippen LogP contribution in [0.3, 0.4) is 0 Å². The van der Waals surface area contributed by atoms with Gasteiger partial charge in [0.25, 0.3) is 0 Å². The van der Waals surface area contributed by atoms with Gasteiger partial charge in [-0.05, 0) is 85.2 Å². The van der Waals surface area contributed by atoms with Gasteiger partial charge in [-0.25, -0.2) is 4.39 Å². The van der Waals surface area contributed by atoms with Crippen LogP contribution in [0.25, 0.3) is 32.8 Å². The number of halogens is 2. The van der Waals surface area contributed by atoms with Gasteiger partial charge < -0.3 is 24.8 Å². The highest BCUT2D eigenvalue weighted by Crippen LogP contribution is 2.49. The van der Waals surface area contributed by atoms with Crippen LogP contribution >= 0.6 is 11.6 Å². The van der Waals surface area contributed by atoms with Gasteiger partial charge in [-0.15, -0.1) is 6.42 Å². The van der Waals surface area contributed by atoms with Gasteiger partial charge in [0.15, 0.2) is 5.82 Å². The standard InChI is InChI=1S/C40H43ClFN5O3/c1-4-28-32(41)8-5-24-15-27(48)16-30(33(24)28)34-29(23(2)3)17-31-36(35(34)42)44-38(45-37(31)47-18-25-6-7-26(19-47)43-25)49-22-39(9-10-39)20-46-13-14-50-40(21-46)11-12-40/h1,5,8,15-17,23,25-26,43,48H,6-7,9-14,18-22H2,2-3H3. The number of hydrogen-bond acceptors (Lipinski definition) is 8. The Balaban J connectivity index is 1.16. The molecule has 260 valence electrons. The summed E-state index contributed by atoms with van der Waals surface area (Å²) in [7, 11) is 0. The lowest BCUT2D eigenvalue weighted by Gasteiger charge is -2.35. The first-order chi connectivity index (χ1) is 24.1. The van der Waals surface area contributed by atoms with Crippen molar-refractivity contribution in [2.45, 2.75) is 76.0 Å². The number of nitrogens with one attached hydrogen (secondary N) is 1. The van der Waals surface area contributed by atoms with E-state index in [2.05, 4.69) is 21.0 Å². The largest absolute Gasteiger partial charge is 0.508 e. The van der Waals surface area contributed by atoms with E-state index in [1.165, 1.54) is 0 Å². The van der Waals surface area contributed by atoms with E-state index in [0.29, 0.717) is 62.4 Å². The summed E-state index contributed by atoms with van der Waals surface area (Å²) in [6, 6.07) is 9.67. The second kappa shape index (κ2) is 11.9. The first-order valence-corrected chi connectivity index (χ1v) is 18.5. The van der Waals surface area contributed by atoms with E-state index < -0.39 is 5.82 Å². The first-order valence-electron chi connectivity index (χ1n) is 18.1. The molecule has 2 saturated carbocycles. The number of aromatic hydroxyl groups is 1. The van der Waals surface area contributed by atoms with Crippen molar-refractivity contribution in [2.75, 3.05) is 50.8 Å². The number of phenolic OH excluding ortho intramolecular Hbond substituents is 1. The summed E-state index contributed by atoms with van der Waals surface area (Å²) in [5.41, 5.74) is 2.38. The molecule has 3 saturated heterocycles. The Labute approximate surface area is 297 Å². The second-order valence-corrected chi connectivity index (χ2v) is 16.2. The highest BCUT2D eigenvalue weighted by molar-refractivity contribution is 6.33. The van der Waals surface area contributed by atoms with E-state index in [9.17, 15) is 5.11 Å².